The third-order valence-corrected chi connectivity index (χ3v) is 2.61. The predicted molar refractivity (Wildman–Crippen MR) is 67.2 cm³/mol. The third-order valence-electron chi connectivity index (χ3n) is 2.61. The summed E-state index contributed by atoms with van der Waals surface area (Å²) in [6.45, 7) is 5.66. The molecular formula is C11H24N4O2. The summed E-state index contributed by atoms with van der Waals surface area (Å²) in [7, 11) is 0. The molecule has 0 unspecified atom stereocenters. The molecule has 0 spiro atoms. The van der Waals surface area contributed by atoms with E-state index in [4.69, 9.17) is 11.5 Å². The van der Waals surface area contributed by atoms with E-state index in [1.165, 1.54) is 0 Å². The van der Waals surface area contributed by atoms with Crippen molar-refractivity contribution in [3.8, 4) is 0 Å². The first kappa shape index (κ1) is 15.9. The molecule has 5 N–H and O–H groups in total. The van der Waals surface area contributed by atoms with Crippen molar-refractivity contribution in [2.24, 2.45) is 11.5 Å². The van der Waals surface area contributed by atoms with Gasteiger partial charge >= 0.3 is 0 Å². The molecule has 6 heteroatoms. The van der Waals surface area contributed by atoms with E-state index in [0.29, 0.717) is 19.1 Å². The molecule has 0 aliphatic carbocycles. The SMILES string of the molecule is CCC(CC)NCCN(CC(N)=O)CC(N)=O. The molecule has 17 heavy (non-hydrogen) atoms. The van der Waals surface area contributed by atoms with E-state index in [1.54, 1.807) is 4.90 Å². The van der Waals surface area contributed by atoms with E-state index in [1.807, 2.05) is 0 Å². The minimum Gasteiger partial charge on any atom is -0.369 e. The summed E-state index contributed by atoms with van der Waals surface area (Å²) in [5.74, 6) is -0.900. The first-order valence-electron chi connectivity index (χ1n) is 6.01. The highest BCUT2D eigenvalue weighted by molar-refractivity contribution is 5.79. The molecule has 0 aromatic heterocycles. The summed E-state index contributed by atoms with van der Waals surface area (Å²) in [5, 5.41) is 3.35. The Morgan fingerprint density at radius 3 is 1.94 bits per heavy atom. The van der Waals surface area contributed by atoms with Gasteiger partial charge in [0.1, 0.15) is 0 Å². The van der Waals surface area contributed by atoms with Crippen LogP contribution in [-0.2, 0) is 9.59 Å². The fraction of sp³-hybridized carbons (Fsp3) is 0.818. The Labute approximate surface area is 103 Å². The molecule has 0 atom stereocenters. The topological polar surface area (TPSA) is 101 Å². The van der Waals surface area contributed by atoms with Crippen LogP contribution in [0.15, 0.2) is 0 Å². The summed E-state index contributed by atoms with van der Waals surface area (Å²) < 4.78 is 0. The number of nitrogens with one attached hydrogen (secondary N) is 1. The van der Waals surface area contributed by atoms with Crippen LogP contribution in [0.5, 0.6) is 0 Å². The lowest BCUT2D eigenvalue weighted by atomic mass is 10.2. The van der Waals surface area contributed by atoms with Crippen molar-refractivity contribution < 1.29 is 9.59 Å². The van der Waals surface area contributed by atoms with Crippen LogP contribution >= 0.6 is 0 Å². The zero-order valence-electron chi connectivity index (χ0n) is 10.7. The molecule has 0 aromatic rings. The maximum Gasteiger partial charge on any atom is 0.231 e. The Hall–Kier alpha value is -1.14. The van der Waals surface area contributed by atoms with Crippen LogP contribution in [0, 0.1) is 0 Å². The van der Waals surface area contributed by atoms with Crippen molar-refractivity contribution in [3.05, 3.63) is 0 Å². The van der Waals surface area contributed by atoms with Crippen molar-refractivity contribution in [2.45, 2.75) is 32.7 Å². The fourth-order valence-corrected chi connectivity index (χ4v) is 1.66. The van der Waals surface area contributed by atoms with Gasteiger partial charge in [0, 0.05) is 19.1 Å². The van der Waals surface area contributed by atoms with E-state index >= 15 is 0 Å². The van der Waals surface area contributed by atoms with Crippen LogP contribution in [0.2, 0.25) is 0 Å². The number of primary amides is 2. The van der Waals surface area contributed by atoms with Gasteiger partial charge in [-0.05, 0) is 12.8 Å². The van der Waals surface area contributed by atoms with Gasteiger partial charge in [-0.1, -0.05) is 13.8 Å². The highest BCUT2D eigenvalue weighted by Gasteiger charge is 2.11. The smallest absolute Gasteiger partial charge is 0.231 e. The monoisotopic (exact) mass is 244 g/mol. The highest BCUT2D eigenvalue weighted by Crippen LogP contribution is 1.95. The first-order valence-corrected chi connectivity index (χ1v) is 6.01. The van der Waals surface area contributed by atoms with Gasteiger partial charge in [0.2, 0.25) is 11.8 Å². The lowest BCUT2D eigenvalue weighted by molar-refractivity contribution is -0.121. The number of nitrogens with two attached hydrogens (primary N) is 2. The fourth-order valence-electron chi connectivity index (χ4n) is 1.66. The molecule has 0 aromatic carbocycles. The number of rotatable bonds is 10. The maximum absolute atomic E-state index is 10.8. The number of nitrogens with zero attached hydrogens (tertiary/aromatic N) is 1. The second-order valence-corrected chi connectivity index (χ2v) is 4.11. The van der Waals surface area contributed by atoms with Crippen molar-refractivity contribution in [1.82, 2.24) is 10.2 Å². The summed E-state index contributed by atoms with van der Waals surface area (Å²) in [6.07, 6.45) is 2.12. The normalized spacial score (nSPS) is 11.1. The zero-order chi connectivity index (χ0) is 13.3. The predicted octanol–water partition coefficient (Wildman–Crippen LogP) is -0.963. The first-order chi connectivity index (χ1) is 7.99. The van der Waals surface area contributed by atoms with Gasteiger partial charge in [-0.2, -0.15) is 0 Å². The van der Waals surface area contributed by atoms with E-state index in [9.17, 15) is 9.59 Å². The van der Waals surface area contributed by atoms with Gasteiger partial charge in [0.25, 0.3) is 0 Å². The van der Waals surface area contributed by atoms with Gasteiger partial charge in [-0.3, -0.25) is 14.5 Å². The highest BCUT2D eigenvalue weighted by atomic mass is 16.2. The number of hydrogen-bond acceptors (Lipinski definition) is 4. The van der Waals surface area contributed by atoms with Crippen LogP contribution in [0.25, 0.3) is 0 Å². The molecule has 0 aliphatic heterocycles. The Kier molecular flexibility index (Phi) is 8.35. The van der Waals surface area contributed by atoms with E-state index < -0.39 is 11.8 Å². The summed E-state index contributed by atoms with van der Waals surface area (Å²) in [6, 6.07) is 0.471. The van der Waals surface area contributed by atoms with Crippen molar-refractivity contribution in [1.29, 1.82) is 0 Å². The lowest BCUT2D eigenvalue weighted by Gasteiger charge is -2.21. The summed E-state index contributed by atoms with van der Waals surface area (Å²) >= 11 is 0. The molecule has 0 bridgehead atoms. The molecule has 0 aliphatic rings. The second-order valence-electron chi connectivity index (χ2n) is 4.11. The van der Waals surface area contributed by atoms with Crippen LogP contribution in [-0.4, -0.2) is 48.9 Å². The minimum atomic E-state index is -0.450. The molecule has 0 rings (SSSR count). The molecule has 100 valence electrons. The van der Waals surface area contributed by atoms with Gasteiger partial charge < -0.3 is 16.8 Å². The Bertz CT molecular complexity index is 226. The molecule has 0 saturated heterocycles. The van der Waals surface area contributed by atoms with Gasteiger partial charge in [0.05, 0.1) is 13.1 Å². The van der Waals surface area contributed by atoms with E-state index in [-0.39, 0.29) is 13.1 Å². The minimum absolute atomic E-state index is 0.0630. The molecular weight excluding hydrogens is 220 g/mol. The second kappa shape index (κ2) is 8.95. The lowest BCUT2D eigenvalue weighted by Crippen LogP contribution is -2.44. The summed E-state index contributed by atoms with van der Waals surface area (Å²) in [4.78, 5) is 23.3. The van der Waals surface area contributed by atoms with Crippen molar-refractivity contribution in [2.75, 3.05) is 26.2 Å². The average molecular weight is 244 g/mol. The van der Waals surface area contributed by atoms with Gasteiger partial charge in [-0.15, -0.1) is 0 Å². The number of carbonyl (C=O) groups excluding carboxylic acids is 2. The Balaban J connectivity index is 3.98. The standard InChI is InChI=1S/C11H24N4O2/c1-3-9(4-2)14-5-6-15(7-10(12)16)8-11(13)17/h9,14H,3-8H2,1-2H3,(H2,12,16)(H2,13,17). The molecule has 0 heterocycles. The molecule has 0 radical (unpaired) electrons. The molecule has 2 amide bonds. The Morgan fingerprint density at radius 1 is 1.12 bits per heavy atom. The number of amides is 2. The van der Waals surface area contributed by atoms with Crippen LogP contribution in [0.3, 0.4) is 0 Å². The van der Waals surface area contributed by atoms with Gasteiger partial charge in [0.15, 0.2) is 0 Å². The van der Waals surface area contributed by atoms with E-state index in [2.05, 4.69) is 19.2 Å². The van der Waals surface area contributed by atoms with Crippen molar-refractivity contribution >= 4 is 11.8 Å². The average Bonchev–Trinajstić information content (AvgIpc) is 2.22. The van der Waals surface area contributed by atoms with Crippen LogP contribution in [0.4, 0.5) is 0 Å². The molecule has 0 fully saturated rings. The Morgan fingerprint density at radius 2 is 1.59 bits per heavy atom. The largest absolute Gasteiger partial charge is 0.369 e. The zero-order valence-corrected chi connectivity index (χ0v) is 10.7. The quantitative estimate of drug-likeness (QED) is 0.460. The molecule has 6 nitrogen and oxygen atoms in total. The maximum atomic E-state index is 10.8. The molecule has 0 saturated carbocycles. The van der Waals surface area contributed by atoms with Crippen LogP contribution < -0.4 is 16.8 Å². The van der Waals surface area contributed by atoms with Gasteiger partial charge in [-0.25, -0.2) is 0 Å². The van der Waals surface area contributed by atoms with E-state index in [0.717, 1.165) is 12.8 Å². The summed E-state index contributed by atoms with van der Waals surface area (Å²) in [5.41, 5.74) is 10.2. The third kappa shape index (κ3) is 8.65. The van der Waals surface area contributed by atoms with Crippen molar-refractivity contribution in [3.63, 3.8) is 0 Å². The van der Waals surface area contributed by atoms with Crippen LogP contribution in [0.1, 0.15) is 26.7 Å². The number of carbonyl (C=O) groups is 2. The number of hydrogen-bond donors (Lipinski definition) is 3.